The summed E-state index contributed by atoms with van der Waals surface area (Å²) in [5.41, 5.74) is 5.91. The number of nitrogens with two attached hydrogens (primary N) is 1. The minimum Gasteiger partial charge on any atom is -0.369 e. The number of benzene rings is 1. The quantitative estimate of drug-likeness (QED) is 0.650. The molecule has 28 heavy (non-hydrogen) atoms. The van der Waals surface area contributed by atoms with Gasteiger partial charge < -0.3 is 11.1 Å². The number of hydrogen-bond acceptors (Lipinski definition) is 4. The van der Waals surface area contributed by atoms with Gasteiger partial charge >= 0.3 is 6.18 Å². The summed E-state index contributed by atoms with van der Waals surface area (Å²) in [6.07, 6.45) is -2.68. The maximum Gasteiger partial charge on any atom is 0.416 e. The number of hydrogen-bond donors (Lipinski definition) is 2. The van der Waals surface area contributed by atoms with Gasteiger partial charge in [0.1, 0.15) is 0 Å². The number of halogens is 3. The van der Waals surface area contributed by atoms with Crippen molar-refractivity contribution >= 4 is 23.6 Å². The third-order valence-corrected chi connectivity index (χ3v) is 5.01. The van der Waals surface area contributed by atoms with Gasteiger partial charge in [0.05, 0.1) is 29.2 Å². The number of amides is 2. The van der Waals surface area contributed by atoms with Crippen molar-refractivity contribution in [3.63, 3.8) is 0 Å². The maximum absolute atomic E-state index is 12.9. The number of nitrogens with zero attached hydrogens (tertiary/aromatic N) is 2. The molecule has 1 atom stereocenters. The molecule has 0 bridgehead atoms. The van der Waals surface area contributed by atoms with Crippen molar-refractivity contribution < 1.29 is 22.8 Å². The highest BCUT2D eigenvalue weighted by Gasteiger charge is 2.30. The van der Waals surface area contributed by atoms with Crippen LogP contribution >= 0.6 is 11.8 Å². The lowest BCUT2D eigenvalue weighted by Crippen LogP contribution is -2.27. The third-order valence-electron chi connectivity index (χ3n) is 4.03. The fourth-order valence-electron chi connectivity index (χ4n) is 2.65. The molecule has 0 saturated heterocycles. The van der Waals surface area contributed by atoms with Crippen LogP contribution in [0.15, 0.2) is 30.5 Å². The van der Waals surface area contributed by atoms with E-state index in [1.807, 2.05) is 0 Å². The van der Waals surface area contributed by atoms with Crippen LogP contribution in [0.2, 0.25) is 0 Å². The van der Waals surface area contributed by atoms with Gasteiger partial charge in [-0.1, -0.05) is 6.07 Å². The van der Waals surface area contributed by atoms with E-state index in [1.165, 1.54) is 34.8 Å². The summed E-state index contributed by atoms with van der Waals surface area (Å²) in [4.78, 5) is 22.7. The number of primary amides is 1. The zero-order valence-electron chi connectivity index (χ0n) is 15.4. The van der Waals surface area contributed by atoms with Crippen molar-refractivity contribution in [2.24, 2.45) is 5.73 Å². The van der Waals surface area contributed by atoms with E-state index in [0.29, 0.717) is 22.7 Å². The molecule has 2 amide bonds. The summed E-state index contributed by atoms with van der Waals surface area (Å²) >= 11 is 1.28. The number of carbonyl (C=O) groups is 2. The molecule has 0 aliphatic rings. The summed E-state index contributed by atoms with van der Waals surface area (Å²) in [5, 5.41) is 7.00. The van der Waals surface area contributed by atoms with Gasteiger partial charge in [0.15, 0.2) is 0 Å². The Balaban J connectivity index is 2.06. The van der Waals surface area contributed by atoms with Gasteiger partial charge in [-0.2, -0.15) is 30.0 Å². The molecule has 0 aliphatic heterocycles. The van der Waals surface area contributed by atoms with Gasteiger partial charge in [-0.25, -0.2) is 4.68 Å². The van der Waals surface area contributed by atoms with E-state index in [1.54, 1.807) is 13.8 Å². The number of nitrogens with one attached hydrogen (secondary N) is 1. The first-order chi connectivity index (χ1) is 13.1. The number of aromatic nitrogens is 2. The van der Waals surface area contributed by atoms with Gasteiger partial charge in [-0.05, 0) is 32.0 Å². The first kappa shape index (κ1) is 21.8. The average Bonchev–Trinajstić information content (AvgIpc) is 2.99. The lowest BCUT2D eigenvalue weighted by molar-refractivity contribution is -0.137. The van der Waals surface area contributed by atoms with Crippen molar-refractivity contribution in [3.05, 3.63) is 47.3 Å². The molecular formula is C18H21F3N4O2S. The lowest BCUT2D eigenvalue weighted by atomic mass is 10.1. The van der Waals surface area contributed by atoms with Crippen LogP contribution in [0.5, 0.6) is 0 Å². The van der Waals surface area contributed by atoms with E-state index in [9.17, 15) is 22.8 Å². The van der Waals surface area contributed by atoms with Crippen molar-refractivity contribution in [3.8, 4) is 5.69 Å². The second-order valence-electron chi connectivity index (χ2n) is 6.20. The average molecular weight is 414 g/mol. The second kappa shape index (κ2) is 9.13. The molecule has 3 N–H and O–H groups in total. The van der Waals surface area contributed by atoms with E-state index in [4.69, 9.17) is 5.73 Å². The predicted molar refractivity (Wildman–Crippen MR) is 101 cm³/mol. The Labute approximate surface area is 164 Å². The molecule has 1 unspecified atom stereocenters. The summed E-state index contributed by atoms with van der Waals surface area (Å²) in [5.74, 6) is -0.0116. The smallest absolute Gasteiger partial charge is 0.369 e. The van der Waals surface area contributed by atoms with Crippen LogP contribution in [0.25, 0.3) is 5.69 Å². The number of thioether (sulfide) groups is 1. The van der Waals surface area contributed by atoms with Crippen LogP contribution in [-0.4, -0.2) is 33.1 Å². The molecule has 0 radical (unpaired) electrons. The zero-order chi connectivity index (χ0) is 20.9. The van der Waals surface area contributed by atoms with Crippen LogP contribution in [0.1, 0.15) is 36.2 Å². The summed E-state index contributed by atoms with van der Waals surface area (Å²) in [6, 6.07) is 4.53. The maximum atomic E-state index is 12.9. The zero-order valence-corrected chi connectivity index (χ0v) is 16.2. The lowest BCUT2D eigenvalue weighted by Gasteiger charge is -2.14. The molecule has 10 heteroatoms. The van der Waals surface area contributed by atoms with E-state index >= 15 is 0 Å². The van der Waals surface area contributed by atoms with Crippen molar-refractivity contribution in [1.29, 1.82) is 0 Å². The SMILES string of the molecule is Cc1c(C(C)NC(=O)CCSCC(N)=O)cnn1-c1cccc(C(F)(F)F)c1. The van der Waals surface area contributed by atoms with Crippen molar-refractivity contribution in [2.45, 2.75) is 32.5 Å². The Morgan fingerprint density at radius 2 is 2.07 bits per heavy atom. The second-order valence-corrected chi connectivity index (χ2v) is 7.31. The fourth-order valence-corrected chi connectivity index (χ4v) is 3.33. The third kappa shape index (κ3) is 5.75. The van der Waals surface area contributed by atoms with Gasteiger partial charge in [-0.15, -0.1) is 0 Å². The number of rotatable bonds is 8. The van der Waals surface area contributed by atoms with Crippen LogP contribution in [0, 0.1) is 6.92 Å². The Bertz CT molecular complexity index is 852. The minimum atomic E-state index is -4.44. The molecule has 152 valence electrons. The van der Waals surface area contributed by atoms with E-state index < -0.39 is 17.6 Å². The molecule has 1 aromatic heterocycles. The molecule has 2 aromatic rings. The number of alkyl halides is 3. The topological polar surface area (TPSA) is 90.0 Å². The summed E-state index contributed by atoms with van der Waals surface area (Å²) < 4.78 is 40.2. The predicted octanol–water partition coefficient (Wildman–Crippen LogP) is 2.99. The Morgan fingerprint density at radius 3 is 2.71 bits per heavy atom. The summed E-state index contributed by atoms with van der Waals surface area (Å²) in [7, 11) is 0. The van der Waals surface area contributed by atoms with Gasteiger partial charge in [-0.3, -0.25) is 9.59 Å². The van der Waals surface area contributed by atoms with Crippen molar-refractivity contribution in [2.75, 3.05) is 11.5 Å². The van der Waals surface area contributed by atoms with Gasteiger partial charge in [0, 0.05) is 23.4 Å². The Morgan fingerprint density at radius 1 is 1.36 bits per heavy atom. The largest absolute Gasteiger partial charge is 0.416 e. The standard InChI is InChI=1S/C18H21F3N4O2S/c1-11(24-17(27)6-7-28-10-16(22)26)15-9-23-25(12(15)2)14-5-3-4-13(8-14)18(19,20)21/h3-5,8-9,11H,6-7,10H2,1-2H3,(H2,22,26)(H,24,27). The first-order valence-corrected chi connectivity index (χ1v) is 9.62. The molecule has 0 saturated carbocycles. The normalized spacial score (nSPS) is 12.6. The fraction of sp³-hybridized carbons (Fsp3) is 0.389. The van der Waals surface area contributed by atoms with Gasteiger partial charge in [0.2, 0.25) is 11.8 Å². The highest BCUT2D eigenvalue weighted by molar-refractivity contribution is 7.99. The molecule has 0 fully saturated rings. The Hall–Kier alpha value is -2.49. The van der Waals surface area contributed by atoms with Gasteiger partial charge in [0.25, 0.3) is 0 Å². The molecule has 1 aromatic carbocycles. The molecule has 6 nitrogen and oxygen atoms in total. The van der Waals surface area contributed by atoms with Crippen molar-refractivity contribution in [1.82, 2.24) is 15.1 Å². The molecule has 0 aliphatic carbocycles. The highest BCUT2D eigenvalue weighted by Crippen LogP contribution is 2.31. The first-order valence-electron chi connectivity index (χ1n) is 8.47. The molecule has 2 rings (SSSR count). The summed E-state index contributed by atoms with van der Waals surface area (Å²) in [6.45, 7) is 3.50. The molecule has 1 heterocycles. The van der Waals surface area contributed by atoms with Crippen LogP contribution in [0.4, 0.5) is 13.2 Å². The molecule has 0 spiro atoms. The monoisotopic (exact) mass is 414 g/mol. The van der Waals surface area contributed by atoms with Crippen LogP contribution < -0.4 is 11.1 Å². The van der Waals surface area contributed by atoms with E-state index in [-0.39, 0.29) is 24.1 Å². The van der Waals surface area contributed by atoms with Crippen LogP contribution in [-0.2, 0) is 15.8 Å². The minimum absolute atomic E-state index is 0.158. The number of carbonyl (C=O) groups excluding carboxylic acids is 2. The Kier molecular flexibility index (Phi) is 7.11. The van der Waals surface area contributed by atoms with E-state index in [0.717, 1.165) is 12.1 Å². The molecular weight excluding hydrogens is 393 g/mol. The van der Waals surface area contributed by atoms with Crippen LogP contribution in [0.3, 0.4) is 0 Å². The van der Waals surface area contributed by atoms with E-state index in [2.05, 4.69) is 10.4 Å². The highest BCUT2D eigenvalue weighted by atomic mass is 32.2.